The molecule has 1 N–H and O–H groups in total. The summed E-state index contributed by atoms with van der Waals surface area (Å²) >= 11 is 0. The van der Waals surface area contributed by atoms with E-state index in [1.807, 2.05) is 31.2 Å². The van der Waals surface area contributed by atoms with Crippen LogP contribution >= 0.6 is 0 Å². The van der Waals surface area contributed by atoms with E-state index < -0.39 is 16.1 Å². The van der Waals surface area contributed by atoms with Crippen molar-refractivity contribution in [3.8, 4) is 0 Å². The number of benzene rings is 3. The Morgan fingerprint density at radius 1 is 0.944 bits per heavy atom. The third kappa shape index (κ3) is 5.16. The fourth-order valence-electron chi connectivity index (χ4n) is 4.99. The van der Waals surface area contributed by atoms with Gasteiger partial charge in [0.1, 0.15) is 6.10 Å². The zero-order valence-corrected chi connectivity index (χ0v) is 21.3. The minimum atomic E-state index is -3.88. The molecule has 3 aromatic carbocycles. The van der Waals surface area contributed by atoms with Crippen molar-refractivity contribution in [3.05, 3.63) is 114 Å². The van der Waals surface area contributed by atoms with Crippen LogP contribution in [-0.4, -0.2) is 35.5 Å². The lowest BCUT2D eigenvalue weighted by Crippen LogP contribution is -2.32. The second kappa shape index (κ2) is 10.4. The zero-order valence-electron chi connectivity index (χ0n) is 20.5. The Morgan fingerprint density at radius 3 is 2.31 bits per heavy atom. The molecule has 0 spiro atoms. The smallest absolute Gasteiger partial charge is 0.268 e. The molecule has 1 aliphatic rings. The topological polar surface area (TPSA) is 62.5 Å². The average molecular weight is 501 g/mol. The lowest BCUT2D eigenvalue weighted by atomic mass is 9.95. The maximum absolute atomic E-state index is 13.7. The summed E-state index contributed by atoms with van der Waals surface area (Å²) in [7, 11) is -3.88. The molecular formula is C30H32N2O3S. The minimum Gasteiger partial charge on any atom is -0.383 e. The van der Waals surface area contributed by atoms with Gasteiger partial charge in [0, 0.05) is 11.9 Å². The molecule has 186 valence electrons. The number of nitrogens with zero attached hydrogens (tertiary/aromatic N) is 2. The van der Waals surface area contributed by atoms with Crippen LogP contribution in [0.3, 0.4) is 0 Å². The minimum absolute atomic E-state index is 0.201. The van der Waals surface area contributed by atoms with Crippen LogP contribution in [0, 0.1) is 12.8 Å². The molecule has 0 amide bonds. The van der Waals surface area contributed by atoms with E-state index in [9.17, 15) is 13.5 Å². The third-order valence-corrected chi connectivity index (χ3v) is 8.73. The molecule has 5 rings (SSSR count). The van der Waals surface area contributed by atoms with Crippen molar-refractivity contribution in [1.82, 2.24) is 8.87 Å². The molecule has 0 saturated carbocycles. The van der Waals surface area contributed by atoms with Crippen LogP contribution in [0.1, 0.15) is 35.8 Å². The second-order valence-electron chi connectivity index (χ2n) is 9.64. The molecule has 0 radical (unpaired) electrons. The summed E-state index contributed by atoms with van der Waals surface area (Å²) < 4.78 is 28.6. The monoisotopic (exact) mass is 500 g/mol. The standard InChI is InChI=1S/C30H32N2O3S/c1-23-12-14-26-21-29(32(28(26)20-23)36(34,35)27-10-6-3-7-11-27)30(33)15-13-24-16-18-31(19-17-24)22-25-8-4-2-5-9-25/h2-15,20-21,24,30,33H,16-19,22H2,1H3. The fraction of sp³-hybridized carbons (Fsp3) is 0.267. The van der Waals surface area contributed by atoms with Gasteiger partial charge in [0.25, 0.3) is 10.0 Å². The Labute approximate surface area is 213 Å². The van der Waals surface area contributed by atoms with E-state index in [0.29, 0.717) is 17.1 Å². The lowest BCUT2D eigenvalue weighted by molar-refractivity contribution is 0.192. The van der Waals surface area contributed by atoms with Crippen molar-refractivity contribution < 1.29 is 13.5 Å². The summed E-state index contributed by atoms with van der Waals surface area (Å²) in [6.07, 6.45) is 4.82. The normalized spacial score (nSPS) is 16.6. The molecule has 1 atom stereocenters. The average Bonchev–Trinajstić information content (AvgIpc) is 3.29. The summed E-state index contributed by atoms with van der Waals surface area (Å²) in [6, 6.07) is 26.4. The van der Waals surface area contributed by atoms with Gasteiger partial charge >= 0.3 is 0 Å². The van der Waals surface area contributed by atoms with Crippen LogP contribution < -0.4 is 0 Å². The van der Waals surface area contributed by atoms with Gasteiger partial charge in [-0.2, -0.15) is 0 Å². The van der Waals surface area contributed by atoms with Crippen LogP contribution in [0.25, 0.3) is 10.9 Å². The molecule has 4 aromatic rings. The van der Waals surface area contributed by atoms with E-state index in [2.05, 4.69) is 35.2 Å². The van der Waals surface area contributed by atoms with Crippen LogP contribution in [0.5, 0.6) is 0 Å². The second-order valence-corrected chi connectivity index (χ2v) is 11.4. The van der Waals surface area contributed by atoms with E-state index in [-0.39, 0.29) is 4.90 Å². The quantitative estimate of drug-likeness (QED) is 0.331. The van der Waals surface area contributed by atoms with Crippen molar-refractivity contribution in [2.24, 2.45) is 5.92 Å². The van der Waals surface area contributed by atoms with Gasteiger partial charge in [0.2, 0.25) is 0 Å². The number of rotatable bonds is 7. The summed E-state index contributed by atoms with van der Waals surface area (Å²) in [5, 5.41) is 12.0. The van der Waals surface area contributed by atoms with Gasteiger partial charge in [0.15, 0.2) is 0 Å². The van der Waals surface area contributed by atoms with Crippen molar-refractivity contribution in [3.63, 3.8) is 0 Å². The number of likely N-dealkylation sites (tertiary alicyclic amines) is 1. The predicted molar refractivity (Wildman–Crippen MR) is 144 cm³/mol. The van der Waals surface area contributed by atoms with Crippen LogP contribution in [0.2, 0.25) is 0 Å². The van der Waals surface area contributed by atoms with Gasteiger partial charge in [-0.3, -0.25) is 4.90 Å². The van der Waals surface area contributed by atoms with Gasteiger partial charge in [-0.05, 0) is 74.2 Å². The number of aryl methyl sites for hydroxylation is 1. The predicted octanol–water partition coefficient (Wildman–Crippen LogP) is 5.69. The van der Waals surface area contributed by atoms with Gasteiger partial charge < -0.3 is 5.11 Å². The highest BCUT2D eigenvalue weighted by Crippen LogP contribution is 2.31. The number of hydrogen-bond acceptors (Lipinski definition) is 4. The first-order chi connectivity index (χ1) is 17.4. The van der Waals surface area contributed by atoms with E-state index in [0.717, 1.165) is 43.4 Å². The number of aliphatic hydroxyl groups excluding tert-OH is 1. The molecule has 5 nitrogen and oxygen atoms in total. The molecular weight excluding hydrogens is 468 g/mol. The molecule has 1 saturated heterocycles. The highest BCUT2D eigenvalue weighted by atomic mass is 32.2. The molecule has 1 unspecified atom stereocenters. The maximum atomic E-state index is 13.7. The molecule has 2 heterocycles. The summed E-state index contributed by atoms with van der Waals surface area (Å²) in [5.74, 6) is 0.359. The van der Waals surface area contributed by atoms with Crippen molar-refractivity contribution in [2.45, 2.75) is 37.3 Å². The highest BCUT2D eigenvalue weighted by molar-refractivity contribution is 7.90. The Bertz CT molecular complexity index is 1450. The molecule has 36 heavy (non-hydrogen) atoms. The highest BCUT2D eigenvalue weighted by Gasteiger charge is 2.26. The first-order valence-electron chi connectivity index (χ1n) is 12.5. The first-order valence-corrected chi connectivity index (χ1v) is 13.9. The SMILES string of the molecule is Cc1ccc2cc(C(O)C=CC3CCN(Cc4ccccc4)CC3)n(S(=O)(=O)c3ccccc3)c2c1. The number of aromatic nitrogens is 1. The first kappa shape index (κ1) is 24.5. The Balaban J connectivity index is 1.37. The molecule has 6 heteroatoms. The Morgan fingerprint density at radius 2 is 1.61 bits per heavy atom. The van der Waals surface area contributed by atoms with E-state index in [1.54, 1.807) is 42.5 Å². The van der Waals surface area contributed by atoms with E-state index in [4.69, 9.17) is 0 Å². The van der Waals surface area contributed by atoms with Crippen molar-refractivity contribution in [2.75, 3.05) is 13.1 Å². The third-order valence-electron chi connectivity index (χ3n) is 6.97. The van der Waals surface area contributed by atoms with Gasteiger partial charge in [-0.1, -0.05) is 72.8 Å². The van der Waals surface area contributed by atoms with Crippen LogP contribution in [0.15, 0.2) is 102 Å². The summed E-state index contributed by atoms with van der Waals surface area (Å²) in [6.45, 7) is 4.90. The van der Waals surface area contributed by atoms with Crippen molar-refractivity contribution in [1.29, 1.82) is 0 Å². The largest absolute Gasteiger partial charge is 0.383 e. The van der Waals surface area contributed by atoms with Crippen molar-refractivity contribution >= 4 is 20.9 Å². The number of allylic oxidation sites excluding steroid dienone is 1. The van der Waals surface area contributed by atoms with Crippen LogP contribution in [-0.2, 0) is 16.6 Å². The molecule has 1 aliphatic heterocycles. The number of aliphatic hydroxyl groups is 1. The van der Waals surface area contributed by atoms with Crippen LogP contribution in [0.4, 0.5) is 0 Å². The number of piperidine rings is 1. The van der Waals surface area contributed by atoms with Gasteiger partial charge in [-0.25, -0.2) is 12.4 Å². The summed E-state index contributed by atoms with van der Waals surface area (Å²) in [4.78, 5) is 2.66. The molecule has 0 aliphatic carbocycles. The summed E-state index contributed by atoms with van der Waals surface area (Å²) in [5.41, 5.74) is 3.22. The molecule has 1 aromatic heterocycles. The van der Waals surface area contributed by atoms with Gasteiger partial charge in [0.05, 0.1) is 16.1 Å². The number of hydrogen-bond donors (Lipinski definition) is 1. The van der Waals surface area contributed by atoms with E-state index in [1.165, 1.54) is 9.54 Å². The number of fused-ring (bicyclic) bond motifs is 1. The maximum Gasteiger partial charge on any atom is 0.268 e. The Kier molecular flexibility index (Phi) is 7.10. The molecule has 0 bridgehead atoms. The lowest BCUT2D eigenvalue weighted by Gasteiger charge is -2.30. The van der Waals surface area contributed by atoms with Gasteiger partial charge in [-0.15, -0.1) is 0 Å². The van der Waals surface area contributed by atoms with E-state index >= 15 is 0 Å². The fourth-order valence-corrected chi connectivity index (χ4v) is 6.55. The molecule has 1 fully saturated rings. The zero-order chi connectivity index (χ0) is 25.1. The Hall–Kier alpha value is -3.19.